The van der Waals surface area contributed by atoms with Gasteiger partial charge in [0.15, 0.2) is 0 Å². The zero-order valence-corrected chi connectivity index (χ0v) is 12.9. The molecule has 0 aliphatic rings. The molecule has 1 heterocycles. The molecule has 0 fully saturated rings. The number of pyridine rings is 1. The molecule has 0 bridgehead atoms. The zero-order chi connectivity index (χ0) is 14.1. The van der Waals surface area contributed by atoms with Gasteiger partial charge < -0.3 is 9.64 Å². The number of ether oxygens (including phenoxy) is 1. The first-order valence-corrected chi connectivity index (χ1v) is 7.35. The Bertz CT molecular complexity index is 352. The quantitative estimate of drug-likeness (QED) is 0.641. The molecule has 0 atom stereocenters. The maximum Gasteiger partial charge on any atom is 0.0469 e. The highest BCUT2D eigenvalue weighted by molar-refractivity contribution is 5.16. The van der Waals surface area contributed by atoms with E-state index in [1.54, 1.807) is 0 Å². The highest BCUT2D eigenvalue weighted by Gasteiger charge is 2.04. The summed E-state index contributed by atoms with van der Waals surface area (Å²) in [5, 5.41) is 0. The highest BCUT2D eigenvalue weighted by Crippen LogP contribution is 2.07. The average molecular weight is 264 g/mol. The van der Waals surface area contributed by atoms with E-state index in [-0.39, 0.29) is 0 Å². The summed E-state index contributed by atoms with van der Waals surface area (Å²) in [6.45, 7) is 9.20. The van der Waals surface area contributed by atoms with Gasteiger partial charge in [-0.2, -0.15) is 0 Å². The molecule has 0 spiro atoms. The standard InChI is InChI=1S/C16H28N2O/c1-5-19-12-6-7-15-8-10-17-16(13-15)9-11-18(4)14(2)3/h8,10,13-14H,5-7,9,11-12H2,1-4H3. The molecule has 108 valence electrons. The predicted molar refractivity (Wildman–Crippen MR) is 80.5 cm³/mol. The van der Waals surface area contributed by atoms with Crippen molar-refractivity contribution in [3.8, 4) is 0 Å². The van der Waals surface area contributed by atoms with E-state index in [9.17, 15) is 0 Å². The van der Waals surface area contributed by atoms with Crippen molar-refractivity contribution in [3.05, 3.63) is 29.6 Å². The maximum atomic E-state index is 5.37. The second kappa shape index (κ2) is 9.05. The van der Waals surface area contributed by atoms with Gasteiger partial charge >= 0.3 is 0 Å². The van der Waals surface area contributed by atoms with Gasteiger partial charge in [-0.3, -0.25) is 4.98 Å². The number of rotatable bonds is 9. The molecule has 19 heavy (non-hydrogen) atoms. The summed E-state index contributed by atoms with van der Waals surface area (Å²) in [5.74, 6) is 0. The van der Waals surface area contributed by atoms with Gasteiger partial charge in [-0.05, 0) is 58.4 Å². The molecule has 0 aliphatic heterocycles. The highest BCUT2D eigenvalue weighted by atomic mass is 16.5. The lowest BCUT2D eigenvalue weighted by atomic mass is 10.1. The minimum absolute atomic E-state index is 0.592. The van der Waals surface area contributed by atoms with Crippen LogP contribution in [0.25, 0.3) is 0 Å². The zero-order valence-electron chi connectivity index (χ0n) is 12.9. The Morgan fingerprint density at radius 1 is 1.32 bits per heavy atom. The summed E-state index contributed by atoms with van der Waals surface area (Å²) in [7, 11) is 2.16. The van der Waals surface area contributed by atoms with E-state index in [1.165, 1.54) is 11.3 Å². The molecule has 0 radical (unpaired) electrons. The van der Waals surface area contributed by atoms with Crippen LogP contribution >= 0.6 is 0 Å². The Labute approximate surface area is 118 Å². The average Bonchev–Trinajstić information content (AvgIpc) is 2.41. The third-order valence-electron chi connectivity index (χ3n) is 3.44. The van der Waals surface area contributed by atoms with Gasteiger partial charge in [0.1, 0.15) is 0 Å². The summed E-state index contributed by atoms with van der Waals surface area (Å²) >= 11 is 0. The van der Waals surface area contributed by atoms with E-state index in [4.69, 9.17) is 4.74 Å². The molecule has 0 saturated heterocycles. The number of aromatic nitrogens is 1. The summed E-state index contributed by atoms with van der Waals surface area (Å²) < 4.78 is 5.37. The Morgan fingerprint density at radius 2 is 2.11 bits per heavy atom. The monoisotopic (exact) mass is 264 g/mol. The Hall–Kier alpha value is -0.930. The summed E-state index contributed by atoms with van der Waals surface area (Å²) in [6, 6.07) is 4.94. The van der Waals surface area contributed by atoms with Gasteiger partial charge in [0.05, 0.1) is 0 Å². The molecule has 0 aromatic carbocycles. The second-order valence-electron chi connectivity index (χ2n) is 5.28. The lowest BCUT2D eigenvalue weighted by molar-refractivity contribution is 0.145. The van der Waals surface area contributed by atoms with E-state index < -0.39 is 0 Å². The Morgan fingerprint density at radius 3 is 2.79 bits per heavy atom. The number of hydrogen-bond donors (Lipinski definition) is 0. The molecule has 0 saturated carbocycles. The molecule has 0 N–H and O–H groups in total. The number of hydrogen-bond acceptors (Lipinski definition) is 3. The Balaban J connectivity index is 2.39. The molecule has 1 aromatic rings. The van der Waals surface area contributed by atoms with Gasteiger partial charge in [-0.15, -0.1) is 0 Å². The lowest BCUT2D eigenvalue weighted by Crippen LogP contribution is -2.28. The van der Waals surface area contributed by atoms with E-state index in [2.05, 4.69) is 42.9 Å². The van der Waals surface area contributed by atoms with Crippen molar-refractivity contribution in [3.63, 3.8) is 0 Å². The molecular formula is C16H28N2O. The van der Waals surface area contributed by atoms with Crippen LogP contribution in [0.4, 0.5) is 0 Å². The first-order chi connectivity index (χ1) is 9.13. The largest absolute Gasteiger partial charge is 0.382 e. The van der Waals surface area contributed by atoms with Crippen LogP contribution in [0.3, 0.4) is 0 Å². The van der Waals surface area contributed by atoms with Gasteiger partial charge in [0, 0.05) is 44.1 Å². The fourth-order valence-electron chi connectivity index (χ4n) is 1.89. The van der Waals surface area contributed by atoms with Crippen LogP contribution in [0.5, 0.6) is 0 Å². The molecule has 0 amide bonds. The lowest BCUT2D eigenvalue weighted by Gasteiger charge is -2.20. The molecular weight excluding hydrogens is 236 g/mol. The van der Waals surface area contributed by atoms with Crippen LogP contribution in [0, 0.1) is 0 Å². The van der Waals surface area contributed by atoms with Crippen molar-refractivity contribution in [2.45, 2.75) is 46.1 Å². The summed E-state index contributed by atoms with van der Waals surface area (Å²) in [5.41, 5.74) is 2.57. The second-order valence-corrected chi connectivity index (χ2v) is 5.28. The van der Waals surface area contributed by atoms with E-state index >= 15 is 0 Å². The molecule has 3 nitrogen and oxygen atoms in total. The van der Waals surface area contributed by atoms with Gasteiger partial charge in [0.2, 0.25) is 0 Å². The smallest absolute Gasteiger partial charge is 0.0469 e. The first-order valence-electron chi connectivity index (χ1n) is 7.35. The van der Waals surface area contributed by atoms with Gasteiger partial charge in [0.25, 0.3) is 0 Å². The minimum atomic E-state index is 0.592. The predicted octanol–water partition coefficient (Wildman–Crippen LogP) is 2.93. The third kappa shape index (κ3) is 6.69. The molecule has 1 aromatic heterocycles. The number of nitrogens with zero attached hydrogens (tertiary/aromatic N) is 2. The normalized spacial score (nSPS) is 11.5. The van der Waals surface area contributed by atoms with E-state index in [0.717, 1.165) is 39.0 Å². The maximum absolute atomic E-state index is 5.37. The van der Waals surface area contributed by atoms with Crippen LogP contribution in [0.2, 0.25) is 0 Å². The molecule has 1 rings (SSSR count). The summed E-state index contributed by atoms with van der Waals surface area (Å²) in [6.07, 6.45) is 5.12. The number of aryl methyl sites for hydroxylation is 1. The molecule has 0 unspecified atom stereocenters. The fraction of sp³-hybridized carbons (Fsp3) is 0.688. The molecule has 3 heteroatoms. The third-order valence-corrected chi connectivity index (χ3v) is 3.44. The molecule has 0 aliphatic carbocycles. The van der Waals surface area contributed by atoms with Gasteiger partial charge in [-0.1, -0.05) is 0 Å². The first kappa shape index (κ1) is 16.1. The topological polar surface area (TPSA) is 25.4 Å². The fourth-order valence-corrected chi connectivity index (χ4v) is 1.89. The van der Waals surface area contributed by atoms with Crippen molar-refractivity contribution in [1.82, 2.24) is 9.88 Å². The number of likely N-dealkylation sites (N-methyl/N-ethyl adjacent to an activating group) is 1. The van der Waals surface area contributed by atoms with E-state index in [0.29, 0.717) is 6.04 Å². The minimum Gasteiger partial charge on any atom is -0.382 e. The van der Waals surface area contributed by atoms with Crippen LogP contribution in [0.1, 0.15) is 38.4 Å². The van der Waals surface area contributed by atoms with Gasteiger partial charge in [-0.25, -0.2) is 0 Å². The Kier molecular flexibility index (Phi) is 7.68. The van der Waals surface area contributed by atoms with Crippen LogP contribution in [-0.4, -0.2) is 42.7 Å². The van der Waals surface area contributed by atoms with Crippen molar-refractivity contribution in [1.29, 1.82) is 0 Å². The van der Waals surface area contributed by atoms with E-state index in [1.807, 2.05) is 13.1 Å². The summed E-state index contributed by atoms with van der Waals surface area (Å²) in [4.78, 5) is 6.81. The van der Waals surface area contributed by atoms with Crippen molar-refractivity contribution in [2.75, 3.05) is 26.8 Å². The van der Waals surface area contributed by atoms with Crippen LogP contribution in [-0.2, 0) is 17.6 Å². The van der Waals surface area contributed by atoms with Crippen LogP contribution in [0.15, 0.2) is 18.3 Å². The van der Waals surface area contributed by atoms with Crippen molar-refractivity contribution in [2.24, 2.45) is 0 Å². The van der Waals surface area contributed by atoms with Crippen molar-refractivity contribution >= 4 is 0 Å². The SMILES string of the molecule is CCOCCCc1ccnc(CCN(C)C(C)C)c1. The van der Waals surface area contributed by atoms with Crippen LogP contribution < -0.4 is 0 Å². The van der Waals surface area contributed by atoms with Crippen molar-refractivity contribution < 1.29 is 4.74 Å².